The smallest absolute Gasteiger partial charge is 0.319 e. The van der Waals surface area contributed by atoms with Gasteiger partial charge in [0, 0.05) is 18.5 Å². The van der Waals surface area contributed by atoms with E-state index in [1.807, 2.05) is 6.92 Å². The van der Waals surface area contributed by atoms with E-state index in [4.69, 9.17) is 5.11 Å². The van der Waals surface area contributed by atoms with E-state index < -0.39 is 11.8 Å². The molecule has 0 radical (unpaired) electrons. The van der Waals surface area contributed by atoms with Crippen molar-refractivity contribution in [3.05, 3.63) is 29.6 Å². The summed E-state index contributed by atoms with van der Waals surface area (Å²) < 4.78 is 13.7. The first kappa shape index (κ1) is 15.0. The summed E-state index contributed by atoms with van der Waals surface area (Å²) in [5, 5.41) is 13.6. The van der Waals surface area contributed by atoms with Crippen molar-refractivity contribution in [3.8, 4) is 11.8 Å². The first-order valence-electron chi connectivity index (χ1n) is 6.11. The number of hydrogen-bond donors (Lipinski definition) is 3. The number of nitrogens with one attached hydrogen (secondary N) is 2. The van der Waals surface area contributed by atoms with Gasteiger partial charge < -0.3 is 15.7 Å². The maximum atomic E-state index is 13.7. The van der Waals surface area contributed by atoms with Crippen LogP contribution in [0, 0.1) is 17.7 Å². The molecular formula is C14H17FN2O2. The van der Waals surface area contributed by atoms with Gasteiger partial charge in [0.25, 0.3) is 0 Å². The van der Waals surface area contributed by atoms with Gasteiger partial charge in [-0.3, -0.25) is 0 Å². The Morgan fingerprint density at radius 2 is 2.26 bits per heavy atom. The maximum absolute atomic E-state index is 13.7. The van der Waals surface area contributed by atoms with E-state index in [2.05, 4.69) is 22.5 Å². The van der Waals surface area contributed by atoms with Crippen molar-refractivity contribution in [2.24, 2.45) is 0 Å². The summed E-state index contributed by atoms with van der Waals surface area (Å²) in [5.74, 6) is 4.88. The fraction of sp³-hybridized carbons (Fsp3) is 0.357. The Balaban J connectivity index is 2.67. The minimum Gasteiger partial charge on any atom is -0.395 e. The van der Waals surface area contributed by atoms with Crippen molar-refractivity contribution in [1.82, 2.24) is 5.32 Å². The first-order valence-corrected chi connectivity index (χ1v) is 6.11. The number of rotatable bonds is 4. The van der Waals surface area contributed by atoms with Crippen LogP contribution in [0.4, 0.5) is 14.9 Å². The van der Waals surface area contributed by atoms with Crippen LogP contribution in [0.1, 0.15) is 25.3 Å². The predicted octanol–water partition coefficient (Wildman–Crippen LogP) is 2.09. The molecule has 102 valence electrons. The van der Waals surface area contributed by atoms with Gasteiger partial charge in [0.15, 0.2) is 0 Å². The second-order valence-electron chi connectivity index (χ2n) is 3.85. The first-order chi connectivity index (χ1) is 9.17. The summed E-state index contributed by atoms with van der Waals surface area (Å²) in [7, 11) is 0. The minimum atomic E-state index is -0.539. The molecule has 0 aliphatic carbocycles. The highest BCUT2D eigenvalue weighted by molar-refractivity contribution is 5.89. The Bertz CT molecular complexity index is 492. The van der Waals surface area contributed by atoms with Crippen molar-refractivity contribution >= 4 is 11.7 Å². The summed E-state index contributed by atoms with van der Waals surface area (Å²) in [4.78, 5) is 11.4. The zero-order chi connectivity index (χ0) is 14.1. The topological polar surface area (TPSA) is 61.4 Å². The number of amides is 2. The molecule has 0 heterocycles. The third-order valence-electron chi connectivity index (χ3n) is 2.22. The Morgan fingerprint density at radius 1 is 1.47 bits per heavy atom. The van der Waals surface area contributed by atoms with E-state index in [1.165, 1.54) is 12.1 Å². The highest BCUT2D eigenvalue weighted by Gasteiger charge is 2.06. The monoisotopic (exact) mass is 264 g/mol. The van der Waals surface area contributed by atoms with Crippen LogP contribution in [0.3, 0.4) is 0 Å². The van der Waals surface area contributed by atoms with Gasteiger partial charge in [-0.25, -0.2) is 9.18 Å². The molecule has 5 heteroatoms. The standard InChI is InChI=1S/C14H17FN2O2/c1-2-8-16-14(19)17-13-7-6-11(10-12(13)15)5-3-4-9-18/h6-7,10,18H,2,4,8-9H2,1H3,(H2,16,17,19). The molecule has 0 aliphatic rings. The van der Waals surface area contributed by atoms with Crippen LogP contribution in [-0.2, 0) is 0 Å². The van der Waals surface area contributed by atoms with Gasteiger partial charge in [0.2, 0.25) is 0 Å². The van der Waals surface area contributed by atoms with Crippen LogP contribution >= 0.6 is 0 Å². The molecule has 3 N–H and O–H groups in total. The van der Waals surface area contributed by atoms with Gasteiger partial charge in [0.05, 0.1) is 12.3 Å². The molecule has 19 heavy (non-hydrogen) atoms. The number of urea groups is 1. The minimum absolute atomic E-state index is 0.0211. The number of carbonyl (C=O) groups excluding carboxylic acids is 1. The average molecular weight is 264 g/mol. The number of anilines is 1. The molecule has 1 rings (SSSR count). The van der Waals surface area contributed by atoms with Crippen LogP contribution in [-0.4, -0.2) is 24.3 Å². The van der Waals surface area contributed by atoms with Gasteiger partial charge in [-0.05, 0) is 24.6 Å². The Labute approximate surface area is 112 Å². The quantitative estimate of drug-likeness (QED) is 0.729. The highest BCUT2D eigenvalue weighted by Crippen LogP contribution is 2.15. The van der Waals surface area contributed by atoms with Crippen molar-refractivity contribution in [3.63, 3.8) is 0 Å². The van der Waals surface area contributed by atoms with Crippen molar-refractivity contribution in [2.75, 3.05) is 18.5 Å². The zero-order valence-electron chi connectivity index (χ0n) is 10.8. The van der Waals surface area contributed by atoms with E-state index in [1.54, 1.807) is 6.07 Å². The molecule has 4 nitrogen and oxygen atoms in total. The third-order valence-corrected chi connectivity index (χ3v) is 2.22. The van der Waals surface area contributed by atoms with Crippen molar-refractivity contribution < 1.29 is 14.3 Å². The summed E-state index contributed by atoms with van der Waals surface area (Å²) in [6.07, 6.45) is 1.16. The largest absolute Gasteiger partial charge is 0.395 e. The molecular weight excluding hydrogens is 247 g/mol. The van der Waals surface area contributed by atoms with Gasteiger partial charge in [-0.2, -0.15) is 0 Å². The number of benzene rings is 1. The normalized spacial score (nSPS) is 9.42. The fourth-order valence-corrected chi connectivity index (χ4v) is 1.32. The number of aliphatic hydroxyl groups is 1. The molecule has 1 aromatic carbocycles. The Hall–Kier alpha value is -2.06. The van der Waals surface area contributed by atoms with E-state index in [0.717, 1.165) is 6.42 Å². The zero-order valence-corrected chi connectivity index (χ0v) is 10.8. The molecule has 0 bridgehead atoms. The number of carbonyl (C=O) groups is 1. The molecule has 0 aromatic heterocycles. The van der Waals surface area contributed by atoms with E-state index in [0.29, 0.717) is 18.5 Å². The van der Waals surface area contributed by atoms with Gasteiger partial charge >= 0.3 is 6.03 Å². The van der Waals surface area contributed by atoms with Crippen LogP contribution in [0.25, 0.3) is 0 Å². The number of hydrogen-bond acceptors (Lipinski definition) is 2. The number of aliphatic hydroxyl groups excluding tert-OH is 1. The fourth-order valence-electron chi connectivity index (χ4n) is 1.32. The van der Waals surface area contributed by atoms with Crippen LogP contribution in [0.15, 0.2) is 18.2 Å². The molecule has 0 spiro atoms. The molecule has 0 fully saturated rings. The van der Waals surface area contributed by atoms with Gasteiger partial charge in [-0.1, -0.05) is 18.8 Å². The maximum Gasteiger partial charge on any atom is 0.319 e. The van der Waals surface area contributed by atoms with Crippen molar-refractivity contribution in [2.45, 2.75) is 19.8 Å². The average Bonchev–Trinajstić information content (AvgIpc) is 2.40. The van der Waals surface area contributed by atoms with Crippen LogP contribution < -0.4 is 10.6 Å². The lowest BCUT2D eigenvalue weighted by molar-refractivity contribution is 0.252. The highest BCUT2D eigenvalue weighted by atomic mass is 19.1. The second-order valence-corrected chi connectivity index (χ2v) is 3.85. The molecule has 1 aromatic rings. The predicted molar refractivity (Wildman–Crippen MR) is 72.3 cm³/mol. The van der Waals surface area contributed by atoms with Crippen LogP contribution in [0.5, 0.6) is 0 Å². The van der Waals surface area contributed by atoms with Gasteiger partial charge in [-0.15, -0.1) is 0 Å². The molecule has 2 amide bonds. The molecule has 0 aliphatic heterocycles. The summed E-state index contributed by atoms with van der Waals surface area (Å²) in [5.41, 5.74) is 0.617. The lowest BCUT2D eigenvalue weighted by Gasteiger charge is -2.07. The lowest BCUT2D eigenvalue weighted by Crippen LogP contribution is -2.29. The van der Waals surface area contributed by atoms with Crippen molar-refractivity contribution in [1.29, 1.82) is 0 Å². The number of halogens is 1. The lowest BCUT2D eigenvalue weighted by atomic mass is 10.2. The SMILES string of the molecule is CCCNC(=O)Nc1ccc(C#CCCO)cc1F. The molecule has 0 unspecified atom stereocenters. The Kier molecular flexibility index (Phi) is 6.41. The van der Waals surface area contributed by atoms with E-state index in [9.17, 15) is 9.18 Å². The third kappa shape index (κ3) is 5.40. The molecule has 0 saturated heterocycles. The van der Waals surface area contributed by atoms with Crippen LogP contribution in [0.2, 0.25) is 0 Å². The van der Waals surface area contributed by atoms with E-state index >= 15 is 0 Å². The molecule has 0 atom stereocenters. The molecule has 0 saturated carbocycles. The van der Waals surface area contributed by atoms with E-state index in [-0.39, 0.29) is 12.3 Å². The summed E-state index contributed by atoms with van der Waals surface area (Å²) in [6.45, 7) is 2.45. The summed E-state index contributed by atoms with van der Waals surface area (Å²) >= 11 is 0. The summed E-state index contributed by atoms with van der Waals surface area (Å²) in [6, 6.07) is 3.90. The second kappa shape index (κ2) is 8.11. The Morgan fingerprint density at radius 3 is 2.89 bits per heavy atom. The van der Waals surface area contributed by atoms with Gasteiger partial charge in [0.1, 0.15) is 5.82 Å².